The molecule has 1 aliphatic carbocycles. The Kier molecular flexibility index (Phi) is 3.80. The quantitative estimate of drug-likeness (QED) is 0.643. The smallest absolute Gasteiger partial charge is 0.00765 e. The van der Waals surface area contributed by atoms with Gasteiger partial charge in [-0.2, -0.15) is 0 Å². The summed E-state index contributed by atoms with van der Waals surface area (Å²) in [5, 5.41) is 0. The maximum atomic E-state index is 5.82. The summed E-state index contributed by atoms with van der Waals surface area (Å²) >= 11 is 0. The molecule has 1 aliphatic rings. The molecule has 0 aromatic rings. The van der Waals surface area contributed by atoms with E-state index in [4.69, 9.17) is 5.73 Å². The van der Waals surface area contributed by atoms with Crippen molar-refractivity contribution in [1.29, 1.82) is 0 Å². The third kappa shape index (κ3) is 2.98. The molecule has 2 atom stereocenters. The van der Waals surface area contributed by atoms with Gasteiger partial charge in [0.2, 0.25) is 0 Å². The zero-order valence-corrected chi connectivity index (χ0v) is 8.34. The third-order valence-corrected chi connectivity index (χ3v) is 2.85. The summed E-state index contributed by atoms with van der Waals surface area (Å²) in [7, 11) is 0. The molecule has 1 heteroatoms. The number of hydrogen-bond donors (Lipinski definition) is 1. The molecule has 0 spiro atoms. The molecule has 0 fully saturated rings. The first-order valence-electron chi connectivity index (χ1n) is 5.15. The Morgan fingerprint density at radius 3 is 2.92 bits per heavy atom. The molecule has 2 N–H and O–H groups in total. The highest BCUT2D eigenvalue weighted by atomic mass is 14.6. The first-order chi connectivity index (χ1) is 5.72. The van der Waals surface area contributed by atoms with Crippen molar-refractivity contribution in [2.45, 2.75) is 52.0 Å². The number of allylic oxidation sites excluding steroid dienone is 1. The number of hydrogen-bond acceptors (Lipinski definition) is 1. The van der Waals surface area contributed by atoms with Crippen LogP contribution in [0.2, 0.25) is 0 Å². The van der Waals surface area contributed by atoms with Gasteiger partial charge in [-0.05, 0) is 31.6 Å². The van der Waals surface area contributed by atoms with E-state index in [0.717, 1.165) is 12.3 Å². The lowest BCUT2D eigenvalue weighted by atomic mass is 9.89. The lowest BCUT2D eigenvalue weighted by Crippen LogP contribution is -2.22. The van der Waals surface area contributed by atoms with Crippen molar-refractivity contribution < 1.29 is 0 Å². The molecule has 0 saturated carbocycles. The summed E-state index contributed by atoms with van der Waals surface area (Å²) in [4.78, 5) is 0. The summed E-state index contributed by atoms with van der Waals surface area (Å²) in [5.74, 6) is 0.852. The fraction of sp³-hybridized carbons (Fsp3) is 0.818. The van der Waals surface area contributed by atoms with Crippen LogP contribution in [0.1, 0.15) is 46.0 Å². The highest BCUT2D eigenvalue weighted by molar-refractivity contribution is 5.08. The molecule has 0 bridgehead atoms. The lowest BCUT2D eigenvalue weighted by molar-refractivity contribution is 0.512. The maximum Gasteiger partial charge on any atom is 0.00765 e. The predicted octanol–water partition coefficient (Wildman–Crippen LogP) is 2.86. The van der Waals surface area contributed by atoms with Crippen LogP contribution in [0.4, 0.5) is 0 Å². The molecule has 2 unspecified atom stereocenters. The molecule has 70 valence electrons. The van der Waals surface area contributed by atoms with Crippen LogP contribution in [-0.4, -0.2) is 6.04 Å². The van der Waals surface area contributed by atoms with E-state index < -0.39 is 0 Å². The van der Waals surface area contributed by atoms with Crippen molar-refractivity contribution in [3.63, 3.8) is 0 Å². The van der Waals surface area contributed by atoms with Crippen LogP contribution in [0.3, 0.4) is 0 Å². The van der Waals surface area contributed by atoms with Gasteiger partial charge in [0, 0.05) is 6.04 Å². The van der Waals surface area contributed by atoms with Gasteiger partial charge in [-0.3, -0.25) is 0 Å². The molecule has 0 radical (unpaired) electrons. The van der Waals surface area contributed by atoms with Crippen molar-refractivity contribution >= 4 is 0 Å². The molecule has 1 rings (SSSR count). The Labute approximate surface area is 76.0 Å². The Morgan fingerprint density at radius 2 is 2.42 bits per heavy atom. The average Bonchev–Trinajstić information content (AvgIpc) is 2.09. The fourth-order valence-corrected chi connectivity index (χ4v) is 1.69. The number of nitrogens with two attached hydrogens (primary N) is 1. The van der Waals surface area contributed by atoms with Crippen LogP contribution >= 0.6 is 0 Å². The average molecular weight is 167 g/mol. The zero-order chi connectivity index (χ0) is 8.97. The van der Waals surface area contributed by atoms with E-state index in [1.807, 2.05) is 0 Å². The molecule has 0 heterocycles. The minimum atomic E-state index is 0.436. The van der Waals surface area contributed by atoms with E-state index in [2.05, 4.69) is 19.9 Å². The molecule has 0 amide bonds. The number of rotatable bonds is 3. The Bertz CT molecular complexity index is 160. The van der Waals surface area contributed by atoms with E-state index in [9.17, 15) is 0 Å². The van der Waals surface area contributed by atoms with Crippen LogP contribution in [0.15, 0.2) is 11.6 Å². The van der Waals surface area contributed by atoms with Crippen LogP contribution in [0, 0.1) is 5.92 Å². The van der Waals surface area contributed by atoms with Crippen molar-refractivity contribution in [2.75, 3.05) is 0 Å². The van der Waals surface area contributed by atoms with Gasteiger partial charge in [-0.15, -0.1) is 0 Å². The topological polar surface area (TPSA) is 26.0 Å². The van der Waals surface area contributed by atoms with E-state index in [1.54, 1.807) is 5.57 Å². The fourth-order valence-electron chi connectivity index (χ4n) is 1.69. The molecule has 0 saturated heterocycles. The van der Waals surface area contributed by atoms with Crippen LogP contribution in [0.5, 0.6) is 0 Å². The zero-order valence-electron chi connectivity index (χ0n) is 8.34. The molecule has 12 heavy (non-hydrogen) atoms. The summed E-state index contributed by atoms with van der Waals surface area (Å²) in [6, 6.07) is 0.436. The maximum absolute atomic E-state index is 5.82. The first-order valence-corrected chi connectivity index (χ1v) is 5.15. The molecule has 0 aromatic heterocycles. The summed E-state index contributed by atoms with van der Waals surface area (Å²) in [6.45, 7) is 4.59. The van der Waals surface area contributed by atoms with Gasteiger partial charge in [0.05, 0.1) is 0 Å². The van der Waals surface area contributed by atoms with E-state index in [1.165, 1.54) is 25.7 Å². The standard InChI is InChI=1S/C11H21N/c1-3-9(2)8-10-4-6-11(12)7-5-10/h4,9,11H,3,5-8,12H2,1-2H3. The Hall–Kier alpha value is -0.300. The predicted molar refractivity (Wildman–Crippen MR) is 54.0 cm³/mol. The van der Waals surface area contributed by atoms with Gasteiger partial charge in [-0.1, -0.05) is 31.9 Å². The minimum Gasteiger partial charge on any atom is -0.327 e. The van der Waals surface area contributed by atoms with E-state index in [0.29, 0.717) is 6.04 Å². The molecular formula is C11H21N. The Morgan fingerprint density at radius 1 is 1.67 bits per heavy atom. The van der Waals surface area contributed by atoms with Gasteiger partial charge in [0.25, 0.3) is 0 Å². The largest absolute Gasteiger partial charge is 0.327 e. The Balaban J connectivity index is 2.33. The van der Waals surface area contributed by atoms with Crippen LogP contribution in [-0.2, 0) is 0 Å². The summed E-state index contributed by atoms with van der Waals surface area (Å²) in [5.41, 5.74) is 7.46. The second-order valence-corrected chi connectivity index (χ2v) is 4.11. The van der Waals surface area contributed by atoms with Crippen molar-refractivity contribution in [3.8, 4) is 0 Å². The van der Waals surface area contributed by atoms with Crippen molar-refractivity contribution in [3.05, 3.63) is 11.6 Å². The van der Waals surface area contributed by atoms with Gasteiger partial charge >= 0.3 is 0 Å². The minimum absolute atomic E-state index is 0.436. The first kappa shape index (κ1) is 9.79. The SMILES string of the molecule is CCC(C)CC1=CCC(N)CC1. The van der Waals surface area contributed by atoms with Gasteiger partial charge in [0.15, 0.2) is 0 Å². The molecule has 0 aliphatic heterocycles. The van der Waals surface area contributed by atoms with Crippen molar-refractivity contribution in [1.82, 2.24) is 0 Å². The summed E-state index contributed by atoms with van der Waals surface area (Å²) in [6.07, 6.45) is 8.49. The van der Waals surface area contributed by atoms with Crippen LogP contribution in [0.25, 0.3) is 0 Å². The van der Waals surface area contributed by atoms with Gasteiger partial charge < -0.3 is 5.73 Å². The molecular weight excluding hydrogens is 146 g/mol. The van der Waals surface area contributed by atoms with E-state index in [-0.39, 0.29) is 0 Å². The monoisotopic (exact) mass is 167 g/mol. The summed E-state index contributed by atoms with van der Waals surface area (Å²) < 4.78 is 0. The second kappa shape index (κ2) is 4.66. The van der Waals surface area contributed by atoms with Crippen LogP contribution < -0.4 is 5.73 Å². The third-order valence-electron chi connectivity index (χ3n) is 2.85. The van der Waals surface area contributed by atoms with Crippen molar-refractivity contribution in [2.24, 2.45) is 11.7 Å². The highest BCUT2D eigenvalue weighted by Crippen LogP contribution is 2.24. The highest BCUT2D eigenvalue weighted by Gasteiger charge is 2.11. The van der Waals surface area contributed by atoms with E-state index >= 15 is 0 Å². The lowest BCUT2D eigenvalue weighted by Gasteiger charge is -2.20. The second-order valence-electron chi connectivity index (χ2n) is 4.11. The normalized spacial score (nSPS) is 26.6. The molecule has 0 aromatic carbocycles. The van der Waals surface area contributed by atoms with Gasteiger partial charge in [-0.25, -0.2) is 0 Å². The molecule has 1 nitrogen and oxygen atoms in total. The van der Waals surface area contributed by atoms with Gasteiger partial charge in [0.1, 0.15) is 0 Å².